The van der Waals surface area contributed by atoms with Gasteiger partial charge in [0.25, 0.3) is 0 Å². The molecular formula is C15H13BrFNO3. The van der Waals surface area contributed by atoms with Gasteiger partial charge in [0, 0.05) is 5.56 Å². The first-order chi connectivity index (χ1) is 10.0. The molecule has 0 bridgehead atoms. The van der Waals surface area contributed by atoms with Gasteiger partial charge < -0.3 is 15.2 Å². The van der Waals surface area contributed by atoms with Crippen LogP contribution in [0.3, 0.4) is 0 Å². The molecule has 0 saturated heterocycles. The molecule has 2 aromatic carbocycles. The average Bonchev–Trinajstić information content (AvgIpc) is 2.49. The lowest BCUT2D eigenvalue weighted by atomic mass is 10.2. The molecule has 0 aliphatic heterocycles. The van der Waals surface area contributed by atoms with Gasteiger partial charge in [-0.25, -0.2) is 9.18 Å². The summed E-state index contributed by atoms with van der Waals surface area (Å²) in [7, 11) is 1.29. The Balaban J connectivity index is 2.19. The van der Waals surface area contributed by atoms with Crippen LogP contribution in [-0.2, 0) is 11.3 Å². The van der Waals surface area contributed by atoms with Crippen molar-refractivity contribution in [3.8, 4) is 5.75 Å². The Hall–Kier alpha value is -2.08. The first kappa shape index (κ1) is 15.3. The fourth-order valence-electron chi connectivity index (χ4n) is 1.72. The number of halogens is 2. The summed E-state index contributed by atoms with van der Waals surface area (Å²) in [5.41, 5.74) is 7.15. The molecule has 2 rings (SSSR count). The molecule has 0 fully saturated rings. The van der Waals surface area contributed by atoms with Crippen molar-refractivity contribution >= 4 is 27.6 Å². The largest absolute Gasteiger partial charge is 0.487 e. The number of esters is 1. The molecule has 0 spiro atoms. The van der Waals surface area contributed by atoms with Crippen LogP contribution in [0.2, 0.25) is 0 Å². The molecule has 2 aromatic rings. The van der Waals surface area contributed by atoms with Gasteiger partial charge in [0.1, 0.15) is 18.2 Å². The molecular weight excluding hydrogens is 341 g/mol. The standard InChI is InChI=1S/C15H13BrFNO3/c1-20-15(19)9-5-6-12(18)13(7-9)21-8-10-3-2-4-11(17)14(10)16/h2-7H,8,18H2,1H3. The summed E-state index contributed by atoms with van der Waals surface area (Å²) in [5, 5.41) is 0. The fraction of sp³-hybridized carbons (Fsp3) is 0.133. The zero-order valence-electron chi connectivity index (χ0n) is 11.2. The third kappa shape index (κ3) is 3.52. The summed E-state index contributed by atoms with van der Waals surface area (Å²) in [6, 6.07) is 9.27. The number of ether oxygens (including phenoxy) is 2. The van der Waals surface area contributed by atoms with Crippen molar-refractivity contribution in [1.82, 2.24) is 0 Å². The number of benzene rings is 2. The SMILES string of the molecule is COC(=O)c1ccc(N)c(OCc2cccc(F)c2Br)c1. The third-order valence-electron chi connectivity index (χ3n) is 2.85. The van der Waals surface area contributed by atoms with Gasteiger partial charge >= 0.3 is 5.97 Å². The van der Waals surface area contributed by atoms with Gasteiger partial charge in [0.05, 0.1) is 22.8 Å². The van der Waals surface area contributed by atoms with Gasteiger partial charge in [-0.2, -0.15) is 0 Å². The van der Waals surface area contributed by atoms with E-state index in [9.17, 15) is 9.18 Å². The highest BCUT2D eigenvalue weighted by Crippen LogP contribution is 2.26. The Labute approximate surface area is 129 Å². The zero-order chi connectivity index (χ0) is 15.4. The van der Waals surface area contributed by atoms with Gasteiger partial charge in [-0.1, -0.05) is 12.1 Å². The molecule has 0 radical (unpaired) electrons. The van der Waals surface area contributed by atoms with Gasteiger partial charge in [0.2, 0.25) is 0 Å². The van der Waals surface area contributed by atoms with E-state index >= 15 is 0 Å². The Bertz CT molecular complexity index is 676. The van der Waals surface area contributed by atoms with Crippen molar-refractivity contribution in [2.24, 2.45) is 0 Å². The van der Waals surface area contributed by atoms with Crippen molar-refractivity contribution < 1.29 is 18.7 Å². The maximum atomic E-state index is 13.4. The second-order valence-corrected chi connectivity index (χ2v) is 5.04. The molecule has 21 heavy (non-hydrogen) atoms. The molecule has 4 nitrogen and oxygen atoms in total. The first-order valence-corrected chi connectivity index (χ1v) is 6.85. The maximum Gasteiger partial charge on any atom is 0.337 e. The Kier molecular flexibility index (Phi) is 4.80. The van der Waals surface area contributed by atoms with Crippen LogP contribution in [0.1, 0.15) is 15.9 Å². The summed E-state index contributed by atoms with van der Waals surface area (Å²) in [5.74, 6) is -0.506. The summed E-state index contributed by atoms with van der Waals surface area (Å²) in [6.45, 7) is 0.118. The van der Waals surface area contributed by atoms with Crippen LogP contribution < -0.4 is 10.5 Å². The Morgan fingerprint density at radius 3 is 2.81 bits per heavy atom. The van der Waals surface area contributed by atoms with Gasteiger partial charge in [-0.05, 0) is 40.2 Å². The average molecular weight is 354 g/mol. The van der Waals surface area contributed by atoms with Crippen molar-refractivity contribution in [1.29, 1.82) is 0 Å². The van der Waals surface area contributed by atoms with Crippen molar-refractivity contribution in [3.63, 3.8) is 0 Å². The van der Waals surface area contributed by atoms with E-state index in [4.69, 9.17) is 10.5 Å². The number of nitrogen functional groups attached to an aromatic ring is 1. The first-order valence-electron chi connectivity index (χ1n) is 6.06. The van der Waals surface area contributed by atoms with E-state index in [0.29, 0.717) is 27.0 Å². The highest BCUT2D eigenvalue weighted by molar-refractivity contribution is 9.10. The molecule has 0 aliphatic rings. The number of nitrogens with two attached hydrogens (primary N) is 1. The van der Waals surface area contributed by atoms with E-state index in [1.807, 2.05) is 0 Å². The van der Waals surface area contributed by atoms with Crippen molar-refractivity contribution in [2.45, 2.75) is 6.61 Å². The summed E-state index contributed by atoms with van der Waals surface area (Å²) in [4.78, 5) is 11.5. The second kappa shape index (κ2) is 6.58. The molecule has 2 N–H and O–H groups in total. The van der Waals surface area contributed by atoms with Gasteiger partial charge in [0.15, 0.2) is 0 Å². The maximum absolute atomic E-state index is 13.4. The predicted molar refractivity (Wildman–Crippen MR) is 80.6 cm³/mol. The smallest absolute Gasteiger partial charge is 0.337 e. The van der Waals surface area contributed by atoms with Crippen molar-refractivity contribution in [2.75, 3.05) is 12.8 Å². The minimum absolute atomic E-state index is 0.118. The number of rotatable bonds is 4. The zero-order valence-corrected chi connectivity index (χ0v) is 12.8. The summed E-state index contributed by atoms with van der Waals surface area (Å²) >= 11 is 3.16. The van der Waals surface area contributed by atoms with Crippen LogP contribution in [0, 0.1) is 5.82 Å². The number of hydrogen-bond donors (Lipinski definition) is 1. The van der Waals surface area contributed by atoms with E-state index in [1.165, 1.54) is 19.2 Å². The number of anilines is 1. The normalized spacial score (nSPS) is 10.2. The van der Waals surface area contributed by atoms with Crippen LogP contribution in [0.25, 0.3) is 0 Å². The third-order valence-corrected chi connectivity index (χ3v) is 3.74. The van der Waals surface area contributed by atoms with Gasteiger partial charge in [-0.15, -0.1) is 0 Å². The van der Waals surface area contributed by atoms with Crippen LogP contribution in [-0.4, -0.2) is 13.1 Å². The van der Waals surface area contributed by atoms with Gasteiger partial charge in [-0.3, -0.25) is 0 Å². The Morgan fingerprint density at radius 1 is 1.33 bits per heavy atom. The van der Waals surface area contributed by atoms with E-state index in [0.717, 1.165) is 0 Å². The molecule has 0 aliphatic carbocycles. The fourth-order valence-corrected chi connectivity index (χ4v) is 2.10. The molecule has 0 amide bonds. The van der Waals surface area contributed by atoms with Crippen LogP contribution in [0.15, 0.2) is 40.9 Å². The number of carbonyl (C=O) groups is 1. The van der Waals surface area contributed by atoms with E-state index in [-0.39, 0.29) is 12.4 Å². The monoisotopic (exact) mass is 353 g/mol. The van der Waals surface area contributed by atoms with E-state index in [2.05, 4.69) is 20.7 Å². The van der Waals surface area contributed by atoms with Crippen LogP contribution in [0.4, 0.5) is 10.1 Å². The Morgan fingerprint density at radius 2 is 2.10 bits per heavy atom. The molecule has 0 saturated carbocycles. The highest BCUT2D eigenvalue weighted by atomic mass is 79.9. The minimum Gasteiger partial charge on any atom is -0.487 e. The topological polar surface area (TPSA) is 61.5 Å². The molecule has 6 heteroatoms. The highest BCUT2D eigenvalue weighted by Gasteiger charge is 2.11. The predicted octanol–water partition coefficient (Wildman–Crippen LogP) is 3.54. The molecule has 110 valence electrons. The molecule has 0 unspecified atom stereocenters. The lowest BCUT2D eigenvalue weighted by Gasteiger charge is -2.11. The summed E-state index contributed by atoms with van der Waals surface area (Å²) in [6.07, 6.45) is 0. The lowest BCUT2D eigenvalue weighted by Crippen LogP contribution is -2.04. The van der Waals surface area contributed by atoms with E-state index < -0.39 is 5.97 Å². The quantitative estimate of drug-likeness (QED) is 0.674. The van der Waals surface area contributed by atoms with Crippen LogP contribution in [0.5, 0.6) is 5.75 Å². The molecule has 0 heterocycles. The number of methoxy groups -OCH3 is 1. The van der Waals surface area contributed by atoms with Crippen molar-refractivity contribution in [3.05, 3.63) is 57.8 Å². The number of carbonyl (C=O) groups excluding carboxylic acids is 1. The minimum atomic E-state index is -0.480. The number of hydrogen-bond acceptors (Lipinski definition) is 4. The van der Waals surface area contributed by atoms with Crippen LogP contribution >= 0.6 is 15.9 Å². The van der Waals surface area contributed by atoms with E-state index in [1.54, 1.807) is 24.3 Å². The molecule has 0 aromatic heterocycles. The second-order valence-electron chi connectivity index (χ2n) is 4.25. The summed E-state index contributed by atoms with van der Waals surface area (Å²) < 4.78 is 24.0. The molecule has 0 atom stereocenters. The lowest BCUT2D eigenvalue weighted by molar-refractivity contribution is 0.0600.